The van der Waals surface area contributed by atoms with Crippen LogP contribution < -0.4 is 10.6 Å². The summed E-state index contributed by atoms with van der Waals surface area (Å²) in [6.45, 7) is 0.832. The van der Waals surface area contributed by atoms with Crippen molar-refractivity contribution in [3.05, 3.63) is 23.8 Å². The number of carbonyl (C=O) groups is 1. The summed E-state index contributed by atoms with van der Waals surface area (Å²) in [5.41, 5.74) is 8.94. The van der Waals surface area contributed by atoms with Gasteiger partial charge >= 0.3 is 0 Å². The first-order chi connectivity index (χ1) is 9.70. The van der Waals surface area contributed by atoms with Gasteiger partial charge in [-0.3, -0.25) is 4.79 Å². The highest BCUT2D eigenvalue weighted by molar-refractivity contribution is 5.96. The molecule has 3 atom stereocenters. The topological polar surface area (TPSA) is 46.3 Å². The summed E-state index contributed by atoms with van der Waals surface area (Å²) in [6, 6.07) is 5.96. The van der Waals surface area contributed by atoms with E-state index in [1.165, 1.54) is 31.2 Å². The molecular weight excluding hydrogens is 248 g/mol. The number of amides is 1. The molecule has 3 aliphatic rings. The van der Waals surface area contributed by atoms with Gasteiger partial charge in [0.25, 0.3) is 0 Å². The Kier molecular flexibility index (Phi) is 2.76. The number of anilines is 2. The molecule has 3 nitrogen and oxygen atoms in total. The van der Waals surface area contributed by atoms with E-state index in [1.807, 2.05) is 17.0 Å². The van der Waals surface area contributed by atoms with Crippen molar-refractivity contribution in [1.82, 2.24) is 0 Å². The van der Waals surface area contributed by atoms with E-state index in [-0.39, 0.29) is 0 Å². The highest BCUT2D eigenvalue weighted by Gasteiger charge is 2.41. The summed E-state index contributed by atoms with van der Waals surface area (Å²) in [7, 11) is 0. The molecule has 106 valence electrons. The quantitative estimate of drug-likeness (QED) is 0.840. The number of hydrogen-bond donors (Lipinski definition) is 1. The van der Waals surface area contributed by atoms with Crippen LogP contribution in [-0.2, 0) is 11.2 Å². The smallest absolute Gasteiger partial charge is 0.227 e. The van der Waals surface area contributed by atoms with Crippen molar-refractivity contribution in [3.8, 4) is 0 Å². The van der Waals surface area contributed by atoms with E-state index in [0.29, 0.717) is 11.8 Å². The van der Waals surface area contributed by atoms with Gasteiger partial charge in [0.15, 0.2) is 0 Å². The average molecular weight is 270 g/mol. The maximum atomic E-state index is 12.6. The van der Waals surface area contributed by atoms with Gasteiger partial charge in [0, 0.05) is 24.3 Å². The zero-order valence-corrected chi connectivity index (χ0v) is 11.8. The lowest BCUT2D eigenvalue weighted by atomic mass is 9.86. The lowest BCUT2D eigenvalue weighted by Crippen LogP contribution is -2.31. The second kappa shape index (κ2) is 4.51. The van der Waals surface area contributed by atoms with Gasteiger partial charge in [-0.25, -0.2) is 0 Å². The van der Waals surface area contributed by atoms with E-state index < -0.39 is 0 Å². The van der Waals surface area contributed by atoms with Gasteiger partial charge in [-0.05, 0) is 61.1 Å². The minimum absolute atomic E-state index is 0.312. The van der Waals surface area contributed by atoms with Crippen LogP contribution in [0.25, 0.3) is 0 Å². The Morgan fingerprint density at radius 2 is 2.20 bits per heavy atom. The molecule has 20 heavy (non-hydrogen) atoms. The van der Waals surface area contributed by atoms with E-state index in [2.05, 4.69) is 6.07 Å². The number of nitrogens with zero attached hydrogens (tertiary/aromatic N) is 1. The van der Waals surface area contributed by atoms with Crippen LogP contribution in [-0.4, -0.2) is 12.5 Å². The summed E-state index contributed by atoms with van der Waals surface area (Å²) in [5.74, 6) is 2.70. The van der Waals surface area contributed by atoms with Crippen LogP contribution in [0.2, 0.25) is 0 Å². The molecule has 1 aromatic carbocycles. The molecule has 2 fully saturated rings. The van der Waals surface area contributed by atoms with Crippen molar-refractivity contribution in [1.29, 1.82) is 0 Å². The fourth-order valence-corrected chi connectivity index (χ4v) is 4.62. The number of fused-ring (bicyclic) bond motifs is 3. The second-order valence-corrected chi connectivity index (χ2v) is 6.82. The molecule has 3 heteroatoms. The van der Waals surface area contributed by atoms with E-state index in [4.69, 9.17) is 5.73 Å². The van der Waals surface area contributed by atoms with E-state index in [9.17, 15) is 4.79 Å². The Morgan fingerprint density at radius 1 is 1.30 bits per heavy atom. The third-order valence-electron chi connectivity index (χ3n) is 5.63. The Balaban J connectivity index is 1.49. The molecule has 0 saturated heterocycles. The van der Waals surface area contributed by atoms with Gasteiger partial charge in [-0.2, -0.15) is 0 Å². The Labute approximate surface area is 120 Å². The molecule has 1 aliphatic heterocycles. The molecule has 0 aromatic heterocycles. The molecule has 4 rings (SSSR count). The third kappa shape index (κ3) is 1.91. The van der Waals surface area contributed by atoms with Crippen LogP contribution in [0, 0.1) is 17.8 Å². The molecule has 2 saturated carbocycles. The van der Waals surface area contributed by atoms with Crippen molar-refractivity contribution in [2.75, 3.05) is 17.2 Å². The maximum Gasteiger partial charge on any atom is 0.227 e. The summed E-state index contributed by atoms with van der Waals surface area (Å²) in [5, 5.41) is 0. The van der Waals surface area contributed by atoms with Crippen molar-refractivity contribution < 1.29 is 4.79 Å². The fraction of sp³-hybridized carbons (Fsp3) is 0.588. The van der Waals surface area contributed by atoms with Gasteiger partial charge in [-0.15, -0.1) is 0 Å². The first kappa shape index (κ1) is 12.2. The number of nitrogens with two attached hydrogens (primary N) is 1. The van der Waals surface area contributed by atoms with Gasteiger partial charge < -0.3 is 10.6 Å². The minimum Gasteiger partial charge on any atom is -0.399 e. The number of carbonyl (C=O) groups excluding carboxylic acids is 1. The molecule has 0 spiro atoms. The lowest BCUT2D eigenvalue weighted by molar-refractivity contribution is -0.119. The molecule has 1 heterocycles. The van der Waals surface area contributed by atoms with Crippen LogP contribution >= 0.6 is 0 Å². The highest BCUT2D eigenvalue weighted by atomic mass is 16.2. The van der Waals surface area contributed by atoms with Crippen LogP contribution in [0.15, 0.2) is 18.2 Å². The first-order valence-corrected chi connectivity index (χ1v) is 7.89. The van der Waals surface area contributed by atoms with Gasteiger partial charge in [0.1, 0.15) is 0 Å². The summed E-state index contributed by atoms with van der Waals surface area (Å²) < 4.78 is 0. The SMILES string of the molecule is Nc1ccc2c(c1)N(C(=O)CC1CC3CCC1C3)CC2. The zero-order valence-electron chi connectivity index (χ0n) is 11.8. The first-order valence-electron chi connectivity index (χ1n) is 7.89. The van der Waals surface area contributed by atoms with E-state index in [1.54, 1.807) is 0 Å². The fourth-order valence-electron chi connectivity index (χ4n) is 4.62. The van der Waals surface area contributed by atoms with Crippen molar-refractivity contribution in [2.45, 2.75) is 38.5 Å². The van der Waals surface area contributed by atoms with Crippen molar-refractivity contribution >= 4 is 17.3 Å². The molecule has 2 bridgehead atoms. The molecular formula is C17H22N2O. The van der Waals surface area contributed by atoms with Crippen molar-refractivity contribution in [3.63, 3.8) is 0 Å². The second-order valence-electron chi connectivity index (χ2n) is 6.82. The Hall–Kier alpha value is -1.51. The number of hydrogen-bond acceptors (Lipinski definition) is 2. The van der Waals surface area contributed by atoms with E-state index in [0.717, 1.165) is 42.6 Å². The normalized spacial score (nSPS) is 30.8. The predicted molar refractivity (Wildman–Crippen MR) is 80.5 cm³/mol. The van der Waals surface area contributed by atoms with Crippen LogP contribution in [0.3, 0.4) is 0 Å². The van der Waals surface area contributed by atoms with Crippen molar-refractivity contribution in [2.24, 2.45) is 17.8 Å². The molecule has 2 N–H and O–H groups in total. The summed E-state index contributed by atoms with van der Waals surface area (Å²) >= 11 is 0. The van der Waals surface area contributed by atoms with Crippen LogP contribution in [0.5, 0.6) is 0 Å². The lowest BCUT2D eigenvalue weighted by Gasteiger charge is -2.24. The van der Waals surface area contributed by atoms with Gasteiger partial charge in [0.05, 0.1) is 0 Å². The number of benzene rings is 1. The average Bonchev–Trinajstić information content (AvgIpc) is 3.11. The largest absolute Gasteiger partial charge is 0.399 e. The van der Waals surface area contributed by atoms with Gasteiger partial charge in [-0.1, -0.05) is 12.5 Å². The van der Waals surface area contributed by atoms with Gasteiger partial charge in [0.2, 0.25) is 5.91 Å². The van der Waals surface area contributed by atoms with Crippen LogP contribution in [0.1, 0.15) is 37.7 Å². The maximum absolute atomic E-state index is 12.6. The highest BCUT2D eigenvalue weighted by Crippen LogP contribution is 2.49. The molecule has 3 unspecified atom stereocenters. The van der Waals surface area contributed by atoms with E-state index >= 15 is 0 Å². The Bertz CT molecular complexity index is 554. The molecule has 0 radical (unpaired) electrons. The predicted octanol–water partition coefficient (Wildman–Crippen LogP) is 2.98. The molecule has 1 amide bonds. The monoisotopic (exact) mass is 270 g/mol. The number of rotatable bonds is 2. The zero-order chi connectivity index (χ0) is 13.7. The number of nitrogen functional groups attached to an aromatic ring is 1. The minimum atomic E-state index is 0.312. The third-order valence-corrected chi connectivity index (χ3v) is 5.63. The molecule has 2 aliphatic carbocycles. The summed E-state index contributed by atoms with van der Waals surface area (Å²) in [6.07, 6.45) is 7.13. The molecule has 1 aromatic rings. The summed E-state index contributed by atoms with van der Waals surface area (Å²) in [4.78, 5) is 14.6. The standard InChI is InChI=1S/C17H22N2O/c18-15-4-3-12-5-6-19(16(12)10-15)17(20)9-14-8-11-1-2-13(14)7-11/h3-4,10-11,13-14H,1-2,5-9,18H2. The Morgan fingerprint density at radius 3 is 2.95 bits per heavy atom. The van der Waals surface area contributed by atoms with Crippen LogP contribution in [0.4, 0.5) is 11.4 Å².